The quantitative estimate of drug-likeness (QED) is 0.154. The van der Waals surface area contributed by atoms with E-state index in [9.17, 15) is 29.4 Å². The molecular formula is C32H62CoO8. The molecule has 247 valence electrons. The summed E-state index contributed by atoms with van der Waals surface area (Å²) < 4.78 is 0. The Kier molecular flexibility index (Phi) is 43.6. The van der Waals surface area contributed by atoms with Crippen molar-refractivity contribution in [1.29, 1.82) is 0 Å². The van der Waals surface area contributed by atoms with Crippen molar-refractivity contribution in [2.24, 2.45) is 23.7 Å². The number of carboxylic acid groups (broad SMARTS) is 4. The summed E-state index contributed by atoms with van der Waals surface area (Å²) in [6.07, 6.45) is 14.5. The van der Waals surface area contributed by atoms with Crippen molar-refractivity contribution in [2.75, 3.05) is 0 Å². The summed E-state index contributed by atoms with van der Waals surface area (Å²) in [6, 6.07) is 0. The first kappa shape index (κ1) is 49.1. The Labute approximate surface area is 261 Å². The second kappa shape index (κ2) is 36.4. The number of carboxylic acids is 4. The van der Waals surface area contributed by atoms with Crippen LogP contribution in [-0.4, -0.2) is 34.1 Å². The molecule has 0 saturated carbocycles. The zero-order chi connectivity index (χ0) is 31.9. The van der Waals surface area contributed by atoms with Crippen LogP contribution in [0.2, 0.25) is 0 Å². The number of hydrogen-bond donors (Lipinski definition) is 2. The zero-order valence-electron chi connectivity index (χ0n) is 27.3. The summed E-state index contributed by atoms with van der Waals surface area (Å²) in [6.45, 7) is 15.9. The van der Waals surface area contributed by atoms with Crippen LogP contribution >= 0.6 is 0 Å². The SMILES string of the molecule is CCCCC(CC)C(=O)O.CCCCC(CC)C(=O)O.CCCCC(CC)C(=O)[O-].CCCCC(CC)C(=O)[O-].[Co+2]. The second-order valence-corrected chi connectivity index (χ2v) is 10.3. The topological polar surface area (TPSA) is 155 Å². The standard InChI is InChI=1S/4C8H16O2.Co/c4*1-3-5-6-7(4-2)8(9)10;/h4*7H,3-6H2,1-2H3,(H,9,10);/q;;;;+2/p-2. The number of carbonyl (C=O) groups is 4. The smallest absolute Gasteiger partial charge is 0.550 e. The minimum Gasteiger partial charge on any atom is -0.550 e. The van der Waals surface area contributed by atoms with Gasteiger partial charge in [0.25, 0.3) is 0 Å². The van der Waals surface area contributed by atoms with Gasteiger partial charge >= 0.3 is 28.7 Å². The van der Waals surface area contributed by atoms with Gasteiger partial charge in [-0.15, -0.1) is 0 Å². The molecule has 0 aromatic heterocycles. The van der Waals surface area contributed by atoms with Crippen LogP contribution in [0.4, 0.5) is 0 Å². The average Bonchev–Trinajstić information content (AvgIpc) is 2.91. The summed E-state index contributed by atoms with van der Waals surface area (Å²) in [5.74, 6) is -3.74. The molecule has 0 saturated heterocycles. The van der Waals surface area contributed by atoms with Crippen molar-refractivity contribution in [3.05, 3.63) is 0 Å². The monoisotopic (exact) mass is 633 g/mol. The van der Waals surface area contributed by atoms with Gasteiger partial charge in [0.15, 0.2) is 0 Å². The molecular weight excluding hydrogens is 571 g/mol. The average molecular weight is 634 g/mol. The minimum absolute atomic E-state index is 0. The van der Waals surface area contributed by atoms with E-state index >= 15 is 0 Å². The summed E-state index contributed by atoms with van der Waals surface area (Å²) in [5.41, 5.74) is 0. The maximum Gasteiger partial charge on any atom is 2.00 e. The van der Waals surface area contributed by atoms with Gasteiger partial charge in [-0.2, -0.15) is 0 Å². The Morgan fingerprint density at radius 3 is 0.780 bits per heavy atom. The summed E-state index contributed by atoms with van der Waals surface area (Å²) in [5, 5.41) is 37.9. The van der Waals surface area contributed by atoms with Crippen LogP contribution in [-0.2, 0) is 36.0 Å². The molecule has 8 nitrogen and oxygen atoms in total. The molecule has 2 N–H and O–H groups in total. The van der Waals surface area contributed by atoms with Crippen LogP contribution < -0.4 is 10.2 Å². The molecule has 0 rings (SSSR count). The predicted octanol–water partition coefficient (Wildman–Crippen LogP) is 6.48. The number of rotatable bonds is 20. The molecule has 1 radical (unpaired) electrons. The van der Waals surface area contributed by atoms with Crippen molar-refractivity contribution in [3.8, 4) is 0 Å². The fourth-order valence-corrected chi connectivity index (χ4v) is 3.78. The van der Waals surface area contributed by atoms with Crippen LogP contribution in [0.3, 0.4) is 0 Å². The number of unbranched alkanes of at least 4 members (excludes halogenated alkanes) is 4. The third-order valence-electron chi connectivity index (χ3n) is 6.96. The van der Waals surface area contributed by atoms with E-state index in [-0.39, 0.29) is 40.5 Å². The van der Waals surface area contributed by atoms with Crippen molar-refractivity contribution >= 4 is 23.9 Å². The maximum absolute atomic E-state index is 10.4. The van der Waals surface area contributed by atoms with Gasteiger partial charge in [0.2, 0.25) is 0 Å². The largest absolute Gasteiger partial charge is 2.00 e. The van der Waals surface area contributed by atoms with E-state index in [1.54, 1.807) is 0 Å². The molecule has 0 bridgehead atoms. The molecule has 0 aliphatic heterocycles. The number of carbonyl (C=O) groups excluding carboxylic acids is 2. The molecule has 41 heavy (non-hydrogen) atoms. The molecule has 0 spiro atoms. The van der Waals surface area contributed by atoms with Crippen molar-refractivity contribution in [1.82, 2.24) is 0 Å². The number of aliphatic carboxylic acids is 4. The Hall–Kier alpha value is -1.61. The molecule has 0 aromatic carbocycles. The van der Waals surface area contributed by atoms with Crippen LogP contribution in [0.1, 0.15) is 158 Å². The molecule has 0 amide bonds. The van der Waals surface area contributed by atoms with Gasteiger partial charge in [0.05, 0.1) is 11.8 Å². The predicted molar refractivity (Wildman–Crippen MR) is 159 cm³/mol. The van der Waals surface area contributed by atoms with Crippen molar-refractivity contribution in [3.63, 3.8) is 0 Å². The van der Waals surface area contributed by atoms with Crippen LogP contribution in [0.25, 0.3) is 0 Å². The van der Waals surface area contributed by atoms with Crippen molar-refractivity contribution in [2.45, 2.75) is 158 Å². The van der Waals surface area contributed by atoms with E-state index in [2.05, 4.69) is 27.7 Å². The fraction of sp³-hybridized carbons (Fsp3) is 0.875. The van der Waals surface area contributed by atoms with Gasteiger partial charge in [-0.3, -0.25) is 9.59 Å². The van der Waals surface area contributed by atoms with E-state index in [1.165, 1.54) is 0 Å². The molecule has 0 aliphatic rings. The Bertz CT molecular complexity index is 509. The minimum atomic E-state index is -0.893. The summed E-state index contributed by atoms with van der Waals surface area (Å²) in [7, 11) is 0. The molecule has 4 atom stereocenters. The molecule has 0 aromatic rings. The second-order valence-electron chi connectivity index (χ2n) is 10.3. The van der Waals surface area contributed by atoms with Gasteiger partial charge in [-0.05, 0) is 63.2 Å². The molecule has 0 fully saturated rings. The molecule has 0 heterocycles. The third kappa shape index (κ3) is 34.5. The van der Waals surface area contributed by atoms with E-state index in [0.29, 0.717) is 12.8 Å². The Morgan fingerprint density at radius 1 is 0.463 bits per heavy atom. The Balaban J connectivity index is -0.000000139. The molecule has 0 aliphatic carbocycles. The molecule has 4 unspecified atom stereocenters. The first-order valence-corrected chi connectivity index (χ1v) is 15.7. The van der Waals surface area contributed by atoms with E-state index in [1.807, 2.05) is 27.7 Å². The summed E-state index contributed by atoms with van der Waals surface area (Å²) >= 11 is 0. The normalized spacial score (nSPS) is 12.7. The van der Waals surface area contributed by atoms with Gasteiger partial charge in [-0.25, -0.2) is 0 Å². The maximum atomic E-state index is 10.4. The van der Waals surface area contributed by atoms with Crippen molar-refractivity contribution < 1.29 is 56.4 Å². The van der Waals surface area contributed by atoms with E-state index in [4.69, 9.17) is 10.2 Å². The molecule has 9 heteroatoms. The van der Waals surface area contributed by atoms with Gasteiger partial charge in [0, 0.05) is 11.9 Å². The summed E-state index contributed by atoms with van der Waals surface area (Å²) in [4.78, 5) is 41.5. The van der Waals surface area contributed by atoms with Crippen LogP contribution in [0, 0.1) is 23.7 Å². The van der Waals surface area contributed by atoms with E-state index in [0.717, 1.165) is 89.9 Å². The third-order valence-corrected chi connectivity index (χ3v) is 6.96. The first-order valence-electron chi connectivity index (χ1n) is 15.7. The fourth-order valence-electron chi connectivity index (χ4n) is 3.78. The van der Waals surface area contributed by atoms with Crippen LogP contribution in [0.5, 0.6) is 0 Å². The van der Waals surface area contributed by atoms with Gasteiger partial charge in [0.1, 0.15) is 0 Å². The van der Waals surface area contributed by atoms with Crippen LogP contribution in [0.15, 0.2) is 0 Å². The van der Waals surface area contributed by atoms with Gasteiger partial charge in [-0.1, -0.05) is 107 Å². The van der Waals surface area contributed by atoms with E-state index < -0.39 is 23.9 Å². The zero-order valence-corrected chi connectivity index (χ0v) is 28.3. The van der Waals surface area contributed by atoms with Gasteiger partial charge < -0.3 is 30.0 Å². The Morgan fingerprint density at radius 2 is 0.659 bits per heavy atom. The number of hydrogen-bond acceptors (Lipinski definition) is 6. The first-order chi connectivity index (χ1) is 18.9.